The van der Waals surface area contributed by atoms with Gasteiger partial charge in [-0.3, -0.25) is 4.98 Å². The Kier molecular flexibility index (Phi) is 6.90. The monoisotopic (exact) mass is 467 g/mol. The maximum absolute atomic E-state index is 14.7. The van der Waals surface area contributed by atoms with Crippen LogP contribution in [-0.4, -0.2) is 18.7 Å². The SMILES string of the molecule is COCCCc1ccc(-c2cc(F)c(C#Cc3ccc4c(F)c(F)c(F)cc4c3)c(F)c2)nc1. The topological polar surface area (TPSA) is 22.1 Å². The number of fused-ring (bicyclic) bond motifs is 1. The third-order valence-corrected chi connectivity index (χ3v) is 5.28. The summed E-state index contributed by atoms with van der Waals surface area (Å²) in [6, 6.07) is 10.6. The molecule has 0 unspecified atom stereocenters. The number of nitrogens with zero attached hydrogens (tertiary/aromatic N) is 1. The Labute approximate surface area is 193 Å². The maximum Gasteiger partial charge on any atom is 0.195 e. The van der Waals surface area contributed by atoms with Crippen LogP contribution in [0.4, 0.5) is 22.0 Å². The quantitative estimate of drug-likeness (QED) is 0.143. The van der Waals surface area contributed by atoms with E-state index in [0.29, 0.717) is 12.3 Å². The zero-order valence-corrected chi connectivity index (χ0v) is 18.1. The summed E-state index contributed by atoms with van der Waals surface area (Å²) in [6.07, 6.45) is 3.28. The normalized spacial score (nSPS) is 10.9. The minimum absolute atomic E-state index is 0.0798. The highest BCUT2D eigenvalue weighted by molar-refractivity contribution is 5.84. The molecular weight excluding hydrogens is 449 g/mol. The fourth-order valence-electron chi connectivity index (χ4n) is 3.52. The number of hydrogen-bond donors (Lipinski definition) is 0. The van der Waals surface area contributed by atoms with Gasteiger partial charge in [-0.2, -0.15) is 0 Å². The Morgan fingerprint density at radius 2 is 1.59 bits per heavy atom. The lowest BCUT2D eigenvalue weighted by molar-refractivity contribution is 0.195. The lowest BCUT2D eigenvalue weighted by atomic mass is 10.0. The molecular formula is C27H18F5NO. The van der Waals surface area contributed by atoms with Crippen molar-refractivity contribution < 1.29 is 26.7 Å². The molecule has 0 spiro atoms. The summed E-state index contributed by atoms with van der Waals surface area (Å²) in [5.74, 6) is -0.929. The predicted octanol–water partition coefficient (Wildman–Crippen LogP) is 6.58. The van der Waals surface area contributed by atoms with Gasteiger partial charge in [-0.1, -0.05) is 24.0 Å². The fourth-order valence-corrected chi connectivity index (χ4v) is 3.52. The predicted molar refractivity (Wildman–Crippen MR) is 120 cm³/mol. The zero-order chi connectivity index (χ0) is 24.2. The van der Waals surface area contributed by atoms with Gasteiger partial charge in [0.05, 0.1) is 11.3 Å². The van der Waals surface area contributed by atoms with Gasteiger partial charge in [0, 0.05) is 36.4 Å². The molecule has 0 fully saturated rings. The second-order valence-electron chi connectivity index (χ2n) is 7.64. The van der Waals surface area contributed by atoms with E-state index in [1.807, 2.05) is 6.07 Å². The molecule has 0 bridgehead atoms. The van der Waals surface area contributed by atoms with E-state index in [9.17, 15) is 22.0 Å². The van der Waals surface area contributed by atoms with Crippen LogP contribution < -0.4 is 0 Å². The average molecular weight is 467 g/mol. The Morgan fingerprint density at radius 1 is 0.824 bits per heavy atom. The fraction of sp³-hybridized carbons (Fsp3) is 0.148. The van der Waals surface area contributed by atoms with Crippen molar-refractivity contribution in [3.05, 3.63) is 101 Å². The van der Waals surface area contributed by atoms with Gasteiger partial charge in [0.1, 0.15) is 11.6 Å². The van der Waals surface area contributed by atoms with Crippen LogP contribution in [0.25, 0.3) is 22.0 Å². The Balaban J connectivity index is 1.60. The molecule has 7 heteroatoms. The molecule has 0 atom stereocenters. The summed E-state index contributed by atoms with van der Waals surface area (Å²) >= 11 is 0. The van der Waals surface area contributed by atoms with E-state index in [4.69, 9.17) is 4.74 Å². The number of pyridine rings is 1. The van der Waals surface area contributed by atoms with Crippen LogP contribution in [0.1, 0.15) is 23.1 Å². The molecule has 0 saturated heterocycles. The second-order valence-corrected chi connectivity index (χ2v) is 7.64. The van der Waals surface area contributed by atoms with Gasteiger partial charge in [-0.15, -0.1) is 0 Å². The molecule has 1 heterocycles. The molecule has 2 nitrogen and oxygen atoms in total. The Hall–Kier alpha value is -3.76. The number of aromatic nitrogens is 1. The molecule has 0 aliphatic heterocycles. The largest absolute Gasteiger partial charge is 0.385 e. The molecule has 0 amide bonds. The van der Waals surface area contributed by atoms with Crippen molar-refractivity contribution >= 4 is 10.8 Å². The molecule has 34 heavy (non-hydrogen) atoms. The van der Waals surface area contributed by atoms with Crippen molar-refractivity contribution in [2.24, 2.45) is 0 Å². The number of hydrogen-bond acceptors (Lipinski definition) is 2. The van der Waals surface area contributed by atoms with Crippen LogP contribution in [-0.2, 0) is 11.2 Å². The van der Waals surface area contributed by atoms with Crippen molar-refractivity contribution in [1.82, 2.24) is 4.98 Å². The zero-order valence-electron chi connectivity index (χ0n) is 18.1. The van der Waals surface area contributed by atoms with Gasteiger partial charge in [0.25, 0.3) is 0 Å². The van der Waals surface area contributed by atoms with Gasteiger partial charge < -0.3 is 4.74 Å². The van der Waals surface area contributed by atoms with Gasteiger partial charge in [0.2, 0.25) is 0 Å². The lowest BCUT2D eigenvalue weighted by Crippen LogP contribution is -1.96. The van der Waals surface area contributed by atoms with Gasteiger partial charge in [-0.25, -0.2) is 22.0 Å². The number of benzene rings is 3. The third-order valence-electron chi connectivity index (χ3n) is 5.28. The molecule has 0 aliphatic rings. The summed E-state index contributed by atoms with van der Waals surface area (Å²) in [4.78, 5) is 4.28. The minimum atomic E-state index is -1.56. The van der Waals surface area contributed by atoms with E-state index in [1.165, 1.54) is 18.2 Å². The minimum Gasteiger partial charge on any atom is -0.385 e. The van der Waals surface area contributed by atoms with Crippen molar-refractivity contribution in [1.29, 1.82) is 0 Å². The Morgan fingerprint density at radius 3 is 2.26 bits per heavy atom. The molecule has 3 aromatic carbocycles. The molecule has 0 saturated carbocycles. The number of rotatable bonds is 5. The van der Waals surface area contributed by atoms with E-state index in [2.05, 4.69) is 16.8 Å². The van der Waals surface area contributed by atoms with Crippen LogP contribution in [0, 0.1) is 40.9 Å². The highest BCUT2D eigenvalue weighted by Crippen LogP contribution is 2.25. The molecule has 1 aromatic heterocycles. The smallest absolute Gasteiger partial charge is 0.195 e. The first-order valence-corrected chi connectivity index (χ1v) is 10.4. The molecule has 4 rings (SSSR count). The summed E-state index contributed by atoms with van der Waals surface area (Å²) in [5.41, 5.74) is 1.48. The first-order valence-electron chi connectivity index (χ1n) is 10.4. The van der Waals surface area contributed by atoms with Crippen LogP contribution in [0.15, 0.2) is 54.7 Å². The molecule has 4 aromatic rings. The third kappa shape index (κ3) is 4.92. The van der Waals surface area contributed by atoms with Crippen molar-refractivity contribution in [3.8, 4) is 23.1 Å². The lowest BCUT2D eigenvalue weighted by Gasteiger charge is -2.06. The molecule has 0 aliphatic carbocycles. The summed E-state index contributed by atoms with van der Waals surface area (Å²) in [5, 5.41) is -0.0420. The summed E-state index contributed by atoms with van der Waals surface area (Å²) in [7, 11) is 1.63. The molecule has 0 N–H and O–H groups in total. The van der Waals surface area contributed by atoms with E-state index >= 15 is 0 Å². The first-order chi connectivity index (χ1) is 16.4. The van der Waals surface area contributed by atoms with Crippen LogP contribution in [0.5, 0.6) is 0 Å². The van der Waals surface area contributed by atoms with Gasteiger partial charge in [0.15, 0.2) is 17.5 Å². The molecule has 172 valence electrons. The standard InChI is InChI=1S/C27H18F5NO/c1-34-10-2-3-17-6-9-25(33-15-17)19-13-22(28)21(23(29)14-19)8-5-16-4-7-20-18(11-16)12-24(30)27(32)26(20)31/h4,6-7,9,11-15H,2-3,10H2,1H3. The van der Waals surface area contributed by atoms with E-state index in [1.54, 1.807) is 19.4 Å². The average Bonchev–Trinajstić information content (AvgIpc) is 2.82. The molecule has 0 radical (unpaired) electrons. The van der Waals surface area contributed by atoms with Crippen molar-refractivity contribution in [2.45, 2.75) is 12.8 Å². The highest BCUT2D eigenvalue weighted by Gasteiger charge is 2.14. The van der Waals surface area contributed by atoms with Gasteiger partial charge >= 0.3 is 0 Å². The van der Waals surface area contributed by atoms with Crippen molar-refractivity contribution in [2.75, 3.05) is 13.7 Å². The summed E-state index contributed by atoms with van der Waals surface area (Å²) in [6.45, 7) is 0.631. The summed E-state index contributed by atoms with van der Waals surface area (Å²) < 4.78 is 75.1. The van der Waals surface area contributed by atoms with E-state index < -0.39 is 34.6 Å². The highest BCUT2D eigenvalue weighted by atomic mass is 19.2. The van der Waals surface area contributed by atoms with Gasteiger partial charge in [-0.05, 0) is 60.2 Å². The number of methoxy groups -OCH3 is 1. The van der Waals surface area contributed by atoms with Crippen LogP contribution in [0.2, 0.25) is 0 Å². The van der Waals surface area contributed by atoms with Crippen LogP contribution >= 0.6 is 0 Å². The number of halogens is 5. The Bertz CT molecular complexity index is 1400. The maximum atomic E-state index is 14.7. The van der Waals surface area contributed by atoms with Crippen LogP contribution in [0.3, 0.4) is 0 Å². The number of ether oxygens (including phenoxy) is 1. The second kappa shape index (κ2) is 10.0. The van der Waals surface area contributed by atoms with E-state index in [0.717, 1.165) is 36.6 Å². The first kappa shape index (κ1) is 23.4. The van der Waals surface area contributed by atoms with E-state index in [-0.39, 0.29) is 21.9 Å². The number of aryl methyl sites for hydroxylation is 1. The van der Waals surface area contributed by atoms with Crippen molar-refractivity contribution in [3.63, 3.8) is 0 Å².